The van der Waals surface area contributed by atoms with Crippen LogP contribution in [0.15, 0.2) is 18.2 Å². The van der Waals surface area contributed by atoms with E-state index in [-0.39, 0.29) is 10.8 Å². The lowest BCUT2D eigenvalue weighted by Crippen LogP contribution is -2.19. The van der Waals surface area contributed by atoms with Gasteiger partial charge in [-0.05, 0) is 24.2 Å². The molecule has 0 atom stereocenters. The highest BCUT2D eigenvalue weighted by molar-refractivity contribution is 6.32. The van der Waals surface area contributed by atoms with Crippen molar-refractivity contribution in [3.05, 3.63) is 28.8 Å². The normalized spacial score (nSPS) is 11.6. The van der Waals surface area contributed by atoms with Crippen molar-refractivity contribution in [2.45, 2.75) is 19.6 Å². The van der Waals surface area contributed by atoms with Gasteiger partial charge in [0, 0.05) is 6.54 Å². The average Bonchev–Trinajstić information content (AvgIpc) is 2.23. The fourth-order valence-corrected chi connectivity index (χ4v) is 1.46. The molecule has 1 rings (SSSR count). The van der Waals surface area contributed by atoms with Crippen molar-refractivity contribution in [3.8, 4) is 5.75 Å². The standard InChI is InChI=1S/C11H13ClF3NO/c1-2-16-6-8-3-4-10(9(12)5-8)17-7-11(13,14)15/h3-5,16H,2,6-7H2,1H3. The molecular weight excluding hydrogens is 255 g/mol. The molecule has 2 nitrogen and oxygen atoms in total. The third-order valence-corrected chi connectivity index (χ3v) is 2.26. The van der Waals surface area contributed by atoms with E-state index >= 15 is 0 Å². The molecule has 1 N–H and O–H groups in total. The third-order valence-electron chi connectivity index (χ3n) is 1.97. The zero-order valence-corrected chi connectivity index (χ0v) is 10.0. The van der Waals surface area contributed by atoms with Crippen molar-refractivity contribution in [2.75, 3.05) is 13.2 Å². The molecule has 0 aromatic heterocycles. The summed E-state index contributed by atoms with van der Waals surface area (Å²) < 4.78 is 40.4. The molecule has 0 spiro atoms. The molecule has 0 bridgehead atoms. The van der Waals surface area contributed by atoms with E-state index in [9.17, 15) is 13.2 Å². The average molecular weight is 268 g/mol. The summed E-state index contributed by atoms with van der Waals surface area (Å²) in [5.74, 6) is 0.0456. The summed E-state index contributed by atoms with van der Waals surface area (Å²) in [6.07, 6.45) is -4.36. The second-order valence-corrected chi connectivity index (χ2v) is 3.86. The predicted octanol–water partition coefficient (Wildman–Crippen LogP) is 3.39. The van der Waals surface area contributed by atoms with Crippen LogP contribution >= 0.6 is 11.6 Å². The highest BCUT2D eigenvalue weighted by Gasteiger charge is 2.28. The second-order valence-electron chi connectivity index (χ2n) is 3.45. The minimum Gasteiger partial charge on any atom is -0.483 e. The van der Waals surface area contributed by atoms with E-state index in [2.05, 4.69) is 10.1 Å². The van der Waals surface area contributed by atoms with Gasteiger partial charge in [0.2, 0.25) is 0 Å². The van der Waals surface area contributed by atoms with E-state index in [0.29, 0.717) is 6.54 Å². The second kappa shape index (κ2) is 6.12. The molecule has 0 unspecified atom stereocenters. The van der Waals surface area contributed by atoms with Gasteiger partial charge in [0.25, 0.3) is 0 Å². The SMILES string of the molecule is CCNCc1ccc(OCC(F)(F)F)c(Cl)c1. The highest BCUT2D eigenvalue weighted by Crippen LogP contribution is 2.27. The first-order chi connectivity index (χ1) is 7.92. The number of rotatable bonds is 5. The minimum atomic E-state index is -4.36. The van der Waals surface area contributed by atoms with E-state index in [1.807, 2.05) is 6.92 Å². The Kier molecular flexibility index (Phi) is 5.08. The van der Waals surface area contributed by atoms with Crippen LogP contribution in [0.2, 0.25) is 5.02 Å². The maximum Gasteiger partial charge on any atom is 0.422 e. The van der Waals surface area contributed by atoms with Crippen molar-refractivity contribution in [3.63, 3.8) is 0 Å². The lowest BCUT2D eigenvalue weighted by Gasteiger charge is -2.11. The molecule has 0 radical (unpaired) electrons. The summed E-state index contributed by atoms with van der Waals surface area (Å²) in [5, 5.41) is 3.27. The summed E-state index contributed by atoms with van der Waals surface area (Å²) >= 11 is 5.82. The largest absolute Gasteiger partial charge is 0.483 e. The fourth-order valence-electron chi connectivity index (χ4n) is 1.20. The summed E-state index contributed by atoms with van der Waals surface area (Å²) in [6.45, 7) is 2.06. The Morgan fingerprint density at radius 2 is 2.06 bits per heavy atom. The van der Waals surface area contributed by atoms with Crippen LogP contribution in [0.5, 0.6) is 5.75 Å². The number of hydrogen-bond acceptors (Lipinski definition) is 2. The van der Waals surface area contributed by atoms with Crippen LogP contribution in [0.3, 0.4) is 0 Å². The summed E-state index contributed by atoms with van der Waals surface area (Å²) in [7, 11) is 0. The van der Waals surface area contributed by atoms with Crippen LogP contribution < -0.4 is 10.1 Å². The van der Waals surface area contributed by atoms with Crippen molar-refractivity contribution in [1.29, 1.82) is 0 Å². The number of alkyl halides is 3. The molecule has 0 amide bonds. The van der Waals surface area contributed by atoms with E-state index < -0.39 is 12.8 Å². The monoisotopic (exact) mass is 267 g/mol. The van der Waals surface area contributed by atoms with E-state index in [1.165, 1.54) is 6.07 Å². The minimum absolute atomic E-state index is 0.0456. The first-order valence-electron chi connectivity index (χ1n) is 5.11. The van der Waals surface area contributed by atoms with E-state index in [4.69, 9.17) is 11.6 Å². The zero-order chi connectivity index (χ0) is 12.9. The summed E-state index contributed by atoms with van der Waals surface area (Å²) in [6, 6.07) is 4.72. The topological polar surface area (TPSA) is 21.3 Å². The fraction of sp³-hybridized carbons (Fsp3) is 0.455. The molecule has 1 aromatic carbocycles. The first kappa shape index (κ1) is 14.1. The zero-order valence-electron chi connectivity index (χ0n) is 9.27. The van der Waals surface area contributed by atoms with Crippen LogP contribution in [-0.4, -0.2) is 19.3 Å². The number of ether oxygens (including phenoxy) is 1. The molecule has 0 aliphatic carbocycles. The van der Waals surface area contributed by atoms with Gasteiger partial charge >= 0.3 is 6.18 Å². The molecule has 1 aromatic rings. The highest BCUT2D eigenvalue weighted by atomic mass is 35.5. The van der Waals surface area contributed by atoms with Crippen LogP contribution in [0.4, 0.5) is 13.2 Å². The summed E-state index contributed by atoms with van der Waals surface area (Å²) in [5.41, 5.74) is 0.899. The van der Waals surface area contributed by atoms with E-state index in [1.54, 1.807) is 12.1 Å². The maximum absolute atomic E-state index is 11.9. The van der Waals surface area contributed by atoms with Crippen molar-refractivity contribution >= 4 is 11.6 Å². The molecular formula is C11H13ClF3NO. The van der Waals surface area contributed by atoms with Gasteiger partial charge in [-0.25, -0.2) is 0 Å². The lowest BCUT2D eigenvalue weighted by molar-refractivity contribution is -0.153. The first-order valence-corrected chi connectivity index (χ1v) is 5.49. The number of hydrogen-bond donors (Lipinski definition) is 1. The van der Waals surface area contributed by atoms with Crippen LogP contribution in [0, 0.1) is 0 Å². The van der Waals surface area contributed by atoms with E-state index in [0.717, 1.165) is 12.1 Å². The third kappa shape index (κ3) is 5.28. The van der Waals surface area contributed by atoms with Crippen LogP contribution in [-0.2, 0) is 6.54 Å². The Morgan fingerprint density at radius 3 is 2.59 bits per heavy atom. The molecule has 0 fully saturated rings. The number of halogens is 4. The van der Waals surface area contributed by atoms with Crippen molar-refractivity contribution in [2.24, 2.45) is 0 Å². The Balaban J connectivity index is 2.63. The van der Waals surface area contributed by atoms with Gasteiger partial charge in [0.05, 0.1) is 5.02 Å². The molecule has 0 heterocycles. The number of benzene rings is 1. The molecule has 0 saturated carbocycles. The molecule has 0 saturated heterocycles. The van der Waals surface area contributed by atoms with Crippen LogP contribution in [0.25, 0.3) is 0 Å². The maximum atomic E-state index is 11.9. The molecule has 0 aliphatic rings. The molecule has 96 valence electrons. The van der Waals surface area contributed by atoms with Gasteiger partial charge in [-0.3, -0.25) is 0 Å². The van der Waals surface area contributed by atoms with Gasteiger partial charge in [-0.1, -0.05) is 24.6 Å². The molecule has 0 aliphatic heterocycles. The van der Waals surface area contributed by atoms with Crippen LogP contribution in [0.1, 0.15) is 12.5 Å². The quantitative estimate of drug-likeness (QED) is 0.883. The van der Waals surface area contributed by atoms with Gasteiger partial charge in [0.15, 0.2) is 6.61 Å². The van der Waals surface area contributed by atoms with Gasteiger partial charge < -0.3 is 10.1 Å². The Labute approximate surface area is 103 Å². The predicted molar refractivity (Wildman–Crippen MR) is 60.4 cm³/mol. The summed E-state index contributed by atoms with van der Waals surface area (Å²) in [4.78, 5) is 0. The Hall–Kier alpha value is -0.940. The smallest absolute Gasteiger partial charge is 0.422 e. The molecule has 6 heteroatoms. The van der Waals surface area contributed by atoms with Gasteiger partial charge in [0.1, 0.15) is 5.75 Å². The van der Waals surface area contributed by atoms with Crippen molar-refractivity contribution in [1.82, 2.24) is 5.32 Å². The Bertz CT molecular complexity index is 368. The van der Waals surface area contributed by atoms with Gasteiger partial charge in [-0.2, -0.15) is 13.2 Å². The lowest BCUT2D eigenvalue weighted by atomic mass is 10.2. The number of nitrogens with one attached hydrogen (secondary N) is 1. The Morgan fingerprint density at radius 1 is 1.35 bits per heavy atom. The van der Waals surface area contributed by atoms with Crippen molar-refractivity contribution < 1.29 is 17.9 Å². The van der Waals surface area contributed by atoms with Gasteiger partial charge in [-0.15, -0.1) is 0 Å². The molecule has 17 heavy (non-hydrogen) atoms.